The topological polar surface area (TPSA) is 65.7 Å². The molecule has 6 nitrogen and oxygen atoms in total. The summed E-state index contributed by atoms with van der Waals surface area (Å²) in [6.45, 7) is 4.94. The molecule has 29 heavy (non-hydrogen) atoms. The number of benzene rings is 2. The van der Waals surface area contributed by atoms with E-state index in [9.17, 15) is 4.79 Å². The van der Waals surface area contributed by atoms with E-state index < -0.39 is 0 Å². The molecular formula is C21H18BrN3O3S. The molecule has 2 heterocycles. The van der Waals surface area contributed by atoms with Crippen LogP contribution in [0.5, 0.6) is 11.5 Å². The van der Waals surface area contributed by atoms with Gasteiger partial charge < -0.3 is 9.47 Å². The summed E-state index contributed by atoms with van der Waals surface area (Å²) in [5.74, 6) is 1.88. The van der Waals surface area contributed by atoms with Gasteiger partial charge in [0.25, 0.3) is 5.56 Å². The highest BCUT2D eigenvalue weighted by Gasteiger charge is 2.12. The normalized spacial score (nSPS) is 11.9. The van der Waals surface area contributed by atoms with E-state index in [-0.39, 0.29) is 5.56 Å². The molecule has 0 aliphatic rings. The fraction of sp³-hybridized carbons (Fsp3) is 0.190. The monoisotopic (exact) mass is 471 g/mol. The Morgan fingerprint density at radius 2 is 1.79 bits per heavy atom. The molecule has 4 rings (SSSR count). The van der Waals surface area contributed by atoms with Gasteiger partial charge in [0.2, 0.25) is 4.96 Å². The quantitative estimate of drug-likeness (QED) is 0.426. The van der Waals surface area contributed by atoms with E-state index in [0.29, 0.717) is 40.0 Å². The van der Waals surface area contributed by atoms with Gasteiger partial charge in [-0.15, -0.1) is 5.10 Å². The molecule has 2 aromatic heterocycles. The molecule has 0 fully saturated rings. The van der Waals surface area contributed by atoms with Gasteiger partial charge in [0, 0.05) is 10.0 Å². The fourth-order valence-corrected chi connectivity index (χ4v) is 4.04. The van der Waals surface area contributed by atoms with Crippen LogP contribution in [0.3, 0.4) is 0 Å². The lowest BCUT2D eigenvalue weighted by molar-refractivity contribution is 0.287. The third-order valence-corrected chi connectivity index (χ3v) is 5.64. The summed E-state index contributed by atoms with van der Waals surface area (Å²) >= 11 is 4.72. The first-order chi connectivity index (χ1) is 14.1. The minimum Gasteiger partial charge on any atom is -0.490 e. The van der Waals surface area contributed by atoms with E-state index in [2.05, 4.69) is 26.0 Å². The van der Waals surface area contributed by atoms with Crippen molar-refractivity contribution >= 4 is 38.3 Å². The van der Waals surface area contributed by atoms with Crippen LogP contribution in [-0.4, -0.2) is 27.8 Å². The summed E-state index contributed by atoms with van der Waals surface area (Å²) in [6.07, 6.45) is 1.82. The summed E-state index contributed by atoms with van der Waals surface area (Å²) < 4.78 is 14.1. The summed E-state index contributed by atoms with van der Waals surface area (Å²) in [5.41, 5.74) is 1.53. The van der Waals surface area contributed by atoms with Crippen molar-refractivity contribution in [2.24, 2.45) is 0 Å². The predicted molar refractivity (Wildman–Crippen MR) is 118 cm³/mol. The van der Waals surface area contributed by atoms with E-state index in [0.717, 1.165) is 15.6 Å². The minimum atomic E-state index is -0.187. The standard InChI is InChI=1S/C21H18BrN3O3S/c1-3-27-16-10-5-13(11-17(16)28-4-2)12-18-20(26)25-21(29-18)23-19(24-25)14-6-8-15(22)9-7-14/h5-12H,3-4H2,1-2H3/b18-12-. The third-order valence-electron chi connectivity index (χ3n) is 4.15. The van der Waals surface area contributed by atoms with Crippen LogP contribution in [-0.2, 0) is 0 Å². The van der Waals surface area contributed by atoms with Crippen LogP contribution in [0.15, 0.2) is 51.7 Å². The molecule has 0 unspecified atom stereocenters. The average molecular weight is 472 g/mol. The van der Waals surface area contributed by atoms with Crippen molar-refractivity contribution in [3.8, 4) is 22.9 Å². The van der Waals surface area contributed by atoms with Crippen molar-refractivity contribution in [1.29, 1.82) is 0 Å². The molecule has 0 bridgehead atoms. The second-order valence-electron chi connectivity index (χ2n) is 6.12. The Balaban J connectivity index is 1.72. The Bertz CT molecular complexity index is 1270. The Hall–Kier alpha value is -2.71. The van der Waals surface area contributed by atoms with Gasteiger partial charge >= 0.3 is 0 Å². The fourth-order valence-electron chi connectivity index (χ4n) is 2.86. The lowest BCUT2D eigenvalue weighted by Gasteiger charge is -2.11. The maximum Gasteiger partial charge on any atom is 0.291 e. The van der Waals surface area contributed by atoms with Gasteiger partial charge in [-0.1, -0.05) is 45.5 Å². The number of nitrogens with zero attached hydrogens (tertiary/aromatic N) is 3. The van der Waals surface area contributed by atoms with Crippen molar-refractivity contribution in [3.63, 3.8) is 0 Å². The van der Waals surface area contributed by atoms with Gasteiger partial charge in [-0.3, -0.25) is 4.79 Å². The van der Waals surface area contributed by atoms with Crippen molar-refractivity contribution in [1.82, 2.24) is 14.6 Å². The van der Waals surface area contributed by atoms with Gasteiger partial charge in [-0.05, 0) is 49.8 Å². The second kappa shape index (κ2) is 8.34. The Labute approximate surface area is 179 Å². The number of hydrogen-bond donors (Lipinski definition) is 0. The zero-order valence-corrected chi connectivity index (χ0v) is 18.3. The highest BCUT2D eigenvalue weighted by atomic mass is 79.9. The first-order valence-corrected chi connectivity index (χ1v) is 10.8. The summed E-state index contributed by atoms with van der Waals surface area (Å²) in [5, 5.41) is 4.38. The lowest BCUT2D eigenvalue weighted by atomic mass is 10.2. The lowest BCUT2D eigenvalue weighted by Crippen LogP contribution is -2.23. The van der Waals surface area contributed by atoms with Crippen molar-refractivity contribution in [2.75, 3.05) is 13.2 Å². The molecule has 0 radical (unpaired) electrons. The largest absolute Gasteiger partial charge is 0.490 e. The zero-order chi connectivity index (χ0) is 20.4. The van der Waals surface area contributed by atoms with Crippen LogP contribution in [0.1, 0.15) is 19.4 Å². The van der Waals surface area contributed by atoms with Crippen LogP contribution in [0, 0.1) is 0 Å². The molecule has 4 aromatic rings. The molecule has 0 saturated carbocycles. The number of rotatable bonds is 6. The van der Waals surface area contributed by atoms with Crippen molar-refractivity contribution in [3.05, 3.63) is 67.4 Å². The number of fused-ring (bicyclic) bond motifs is 1. The number of hydrogen-bond acceptors (Lipinski definition) is 6. The minimum absolute atomic E-state index is 0.187. The summed E-state index contributed by atoms with van der Waals surface area (Å²) in [4.78, 5) is 17.9. The Morgan fingerprint density at radius 1 is 1.07 bits per heavy atom. The van der Waals surface area contributed by atoms with Crippen LogP contribution in [0.2, 0.25) is 0 Å². The van der Waals surface area contributed by atoms with Crippen LogP contribution >= 0.6 is 27.3 Å². The molecule has 0 spiro atoms. The van der Waals surface area contributed by atoms with Crippen molar-refractivity contribution in [2.45, 2.75) is 13.8 Å². The first-order valence-electron chi connectivity index (χ1n) is 9.16. The zero-order valence-electron chi connectivity index (χ0n) is 15.9. The molecule has 8 heteroatoms. The van der Waals surface area contributed by atoms with Crippen LogP contribution < -0.4 is 19.6 Å². The van der Waals surface area contributed by atoms with Gasteiger partial charge in [-0.2, -0.15) is 9.50 Å². The number of ether oxygens (including phenoxy) is 2. The predicted octanol–water partition coefficient (Wildman–Crippen LogP) is 3.93. The molecular weight excluding hydrogens is 454 g/mol. The highest BCUT2D eigenvalue weighted by Crippen LogP contribution is 2.28. The molecule has 2 aromatic carbocycles. The average Bonchev–Trinajstić information content (AvgIpc) is 3.25. The molecule has 148 valence electrons. The molecule has 0 aliphatic heterocycles. The first kappa shape index (κ1) is 19.6. The molecule has 0 atom stereocenters. The van der Waals surface area contributed by atoms with Gasteiger partial charge in [0.1, 0.15) is 0 Å². The van der Waals surface area contributed by atoms with Crippen LogP contribution in [0.4, 0.5) is 0 Å². The van der Waals surface area contributed by atoms with Crippen molar-refractivity contribution < 1.29 is 9.47 Å². The van der Waals surface area contributed by atoms with E-state index >= 15 is 0 Å². The van der Waals surface area contributed by atoms with E-state index in [4.69, 9.17) is 9.47 Å². The maximum absolute atomic E-state index is 12.8. The van der Waals surface area contributed by atoms with Gasteiger partial charge in [0.05, 0.1) is 17.7 Å². The Morgan fingerprint density at radius 3 is 2.48 bits per heavy atom. The molecule has 0 amide bonds. The smallest absolute Gasteiger partial charge is 0.291 e. The van der Waals surface area contributed by atoms with Crippen LogP contribution in [0.25, 0.3) is 22.4 Å². The molecule has 0 N–H and O–H groups in total. The highest BCUT2D eigenvalue weighted by molar-refractivity contribution is 9.10. The van der Waals surface area contributed by atoms with E-state index in [1.54, 1.807) is 0 Å². The Kier molecular flexibility index (Phi) is 5.64. The third kappa shape index (κ3) is 4.04. The maximum atomic E-state index is 12.8. The van der Waals surface area contributed by atoms with E-state index in [1.807, 2.05) is 62.4 Å². The SMILES string of the molecule is CCOc1ccc(/C=c2\sc3nc(-c4ccc(Br)cc4)nn3c2=O)cc1OCC. The van der Waals surface area contributed by atoms with Gasteiger partial charge in [0.15, 0.2) is 17.3 Å². The summed E-state index contributed by atoms with van der Waals surface area (Å²) in [6, 6.07) is 13.3. The number of halogens is 1. The molecule has 0 aliphatic carbocycles. The number of thiazole rings is 1. The van der Waals surface area contributed by atoms with Gasteiger partial charge in [-0.25, -0.2) is 0 Å². The summed E-state index contributed by atoms with van der Waals surface area (Å²) in [7, 11) is 0. The van der Waals surface area contributed by atoms with E-state index in [1.165, 1.54) is 15.9 Å². The number of aromatic nitrogens is 3. The second-order valence-corrected chi connectivity index (χ2v) is 8.05. The molecule has 0 saturated heterocycles.